The van der Waals surface area contributed by atoms with Crippen LogP contribution in [0.4, 0.5) is 0 Å². The summed E-state index contributed by atoms with van der Waals surface area (Å²) in [4.78, 5) is 13.0. The van der Waals surface area contributed by atoms with Crippen LogP contribution in [0.1, 0.15) is 28.9 Å². The Morgan fingerprint density at radius 3 is 2.22 bits per heavy atom. The molecule has 0 radical (unpaired) electrons. The second kappa shape index (κ2) is 9.67. The number of hydrogen-bond donors (Lipinski definition) is 1. The second-order valence-corrected chi connectivity index (χ2v) is 11.7. The SMILES string of the molecule is CC(NC(=O)c1cccc(S(=O)(=O)N2CCOCC2)c1)c1ccc(S(=O)(=O)N(C)C)cc1. The molecule has 2 aromatic carbocycles. The van der Waals surface area contributed by atoms with Gasteiger partial charge in [-0.2, -0.15) is 4.31 Å². The molecule has 1 fully saturated rings. The van der Waals surface area contributed by atoms with Gasteiger partial charge in [-0.05, 0) is 42.8 Å². The van der Waals surface area contributed by atoms with Gasteiger partial charge in [0.2, 0.25) is 20.0 Å². The fourth-order valence-corrected chi connectivity index (χ4v) is 5.59. The molecule has 1 unspecified atom stereocenters. The molecular weight excluding hydrogens is 454 g/mol. The lowest BCUT2D eigenvalue weighted by molar-refractivity contribution is 0.0730. The van der Waals surface area contributed by atoms with E-state index >= 15 is 0 Å². The molecule has 1 aliphatic rings. The third-order valence-electron chi connectivity index (χ3n) is 5.21. The molecule has 32 heavy (non-hydrogen) atoms. The summed E-state index contributed by atoms with van der Waals surface area (Å²) in [6.45, 7) is 2.99. The third-order valence-corrected chi connectivity index (χ3v) is 8.93. The molecule has 0 spiro atoms. The fraction of sp³-hybridized carbons (Fsp3) is 0.381. The molecule has 174 valence electrons. The summed E-state index contributed by atoms with van der Waals surface area (Å²) < 4.78 is 57.8. The molecule has 0 aliphatic carbocycles. The van der Waals surface area contributed by atoms with Gasteiger partial charge in [0.25, 0.3) is 5.91 Å². The molecule has 1 amide bonds. The zero-order chi connectivity index (χ0) is 23.5. The van der Waals surface area contributed by atoms with Gasteiger partial charge in [0.1, 0.15) is 0 Å². The first kappa shape index (κ1) is 24.3. The van der Waals surface area contributed by atoms with E-state index in [1.54, 1.807) is 25.1 Å². The molecular formula is C21H27N3O6S2. The number of morpholine rings is 1. The number of ether oxygens (including phenoxy) is 1. The first-order valence-electron chi connectivity index (χ1n) is 10.0. The van der Waals surface area contributed by atoms with Crippen molar-refractivity contribution in [1.29, 1.82) is 0 Å². The van der Waals surface area contributed by atoms with Crippen LogP contribution in [-0.4, -0.2) is 71.8 Å². The molecule has 0 saturated carbocycles. The molecule has 1 heterocycles. The standard InChI is InChI=1S/C21H27N3O6S2/c1-16(17-7-9-19(10-8-17)31(26,27)23(2)3)22-21(25)18-5-4-6-20(15-18)32(28,29)24-11-13-30-14-12-24/h4-10,15-16H,11-14H2,1-3H3,(H,22,25). The molecule has 9 nitrogen and oxygen atoms in total. The van der Waals surface area contributed by atoms with Gasteiger partial charge in [-0.15, -0.1) is 0 Å². The number of hydrogen-bond acceptors (Lipinski definition) is 6. The largest absolute Gasteiger partial charge is 0.379 e. The highest BCUT2D eigenvalue weighted by Gasteiger charge is 2.27. The predicted molar refractivity (Wildman–Crippen MR) is 119 cm³/mol. The molecule has 1 saturated heterocycles. The first-order valence-corrected chi connectivity index (χ1v) is 12.9. The van der Waals surface area contributed by atoms with Crippen LogP contribution in [0.5, 0.6) is 0 Å². The molecule has 2 aromatic rings. The maximum Gasteiger partial charge on any atom is 0.251 e. The van der Waals surface area contributed by atoms with E-state index in [0.717, 1.165) is 4.31 Å². The maximum absolute atomic E-state index is 12.9. The molecule has 1 aliphatic heterocycles. The fourth-order valence-electron chi connectivity index (χ4n) is 3.24. The highest BCUT2D eigenvalue weighted by atomic mass is 32.2. The number of sulfonamides is 2. The Hall–Kier alpha value is -2.31. The van der Waals surface area contributed by atoms with Crippen molar-refractivity contribution < 1.29 is 26.4 Å². The van der Waals surface area contributed by atoms with E-state index in [1.807, 2.05) is 0 Å². The van der Waals surface area contributed by atoms with E-state index < -0.39 is 32.0 Å². The lowest BCUT2D eigenvalue weighted by Crippen LogP contribution is -2.40. The van der Waals surface area contributed by atoms with Crippen LogP contribution < -0.4 is 5.32 Å². The number of nitrogens with zero attached hydrogens (tertiary/aromatic N) is 2. The third kappa shape index (κ3) is 5.18. The average molecular weight is 482 g/mol. The van der Waals surface area contributed by atoms with Crippen molar-refractivity contribution in [2.45, 2.75) is 22.8 Å². The van der Waals surface area contributed by atoms with Crippen molar-refractivity contribution in [2.75, 3.05) is 40.4 Å². The molecule has 3 rings (SSSR count). The monoisotopic (exact) mass is 481 g/mol. The van der Waals surface area contributed by atoms with Gasteiger partial charge < -0.3 is 10.1 Å². The van der Waals surface area contributed by atoms with Crippen molar-refractivity contribution in [3.05, 3.63) is 59.7 Å². The molecule has 0 bridgehead atoms. The van der Waals surface area contributed by atoms with Crippen molar-refractivity contribution in [3.63, 3.8) is 0 Å². The maximum atomic E-state index is 12.9. The van der Waals surface area contributed by atoms with Crippen LogP contribution in [0.3, 0.4) is 0 Å². The second-order valence-electron chi connectivity index (χ2n) is 7.60. The van der Waals surface area contributed by atoms with E-state index in [4.69, 9.17) is 4.74 Å². The Morgan fingerprint density at radius 2 is 1.62 bits per heavy atom. The number of amides is 1. The quantitative estimate of drug-likeness (QED) is 0.640. The Bertz CT molecular complexity index is 1170. The highest BCUT2D eigenvalue weighted by Crippen LogP contribution is 2.21. The van der Waals surface area contributed by atoms with Gasteiger partial charge in [-0.1, -0.05) is 18.2 Å². The minimum atomic E-state index is -3.71. The van der Waals surface area contributed by atoms with Crippen molar-refractivity contribution >= 4 is 26.0 Å². The van der Waals surface area contributed by atoms with Gasteiger partial charge in [0.15, 0.2) is 0 Å². The minimum absolute atomic E-state index is 0.0537. The predicted octanol–water partition coefficient (Wildman–Crippen LogP) is 1.45. The van der Waals surface area contributed by atoms with E-state index in [9.17, 15) is 21.6 Å². The summed E-state index contributed by atoms with van der Waals surface area (Å²) in [5.41, 5.74) is 0.936. The summed E-state index contributed by atoms with van der Waals surface area (Å²) in [5, 5.41) is 2.82. The van der Waals surface area contributed by atoms with Gasteiger partial charge >= 0.3 is 0 Å². The summed E-state index contributed by atoms with van der Waals surface area (Å²) in [5.74, 6) is -0.429. The van der Waals surface area contributed by atoms with E-state index in [0.29, 0.717) is 18.8 Å². The Kier molecular flexibility index (Phi) is 7.36. The van der Waals surface area contributed by atoms with E-state index in [-0.39, 0.29) is 28.4 Å². The van der Waals surface area contributed by atoms with Gasteiger partial charge in [-0.25, -0.2) is 21.1 Å². The normalized spacial score (nSPS) is 16.6. The molecule has 11 heteroatoms. The van der Waals surface area contributed by atoms with Crippen molar-refractivity contribution in [2.24, 2.45) is 0 Å². The Balaban J connectivity index is 1.74. The van der Waals surface area contributed by atoms with Gasteiger partial charge in [0, 0.05) is 32.7 Å². The zero-order valence-corrected chi connectivity index (χ0v) is 19.8. The number of carbonyl (C=O) groups excluding carboxylic acids is 1. The van der Waals surface area contributed by atoms with Gasteiger partial charge in [0.05, 0.1) is 29.0 Å². The lowest BCUT2D eigenvalue weighted by atomic mass is 10.1. The van der Waals surface area contributed by atoms with Crippen LogP contribution in [0.2, 0.25) is 0 Å². The first-order chi connectivity index (χ1) is 15.0. The lowest BCUT2D eigenvalue weighted by Gasteiger charge is -2.26. The smallest absolute Gasteiger partial charge is 0.251 e. The van der Waals surface area contributed by atoms with Crippen LogP contribution in [0.25, 0.3) is 0 Å². The van der Waals surface area contributed by atoms with Crippen molar-refractivity contribution in [3.8, 4) is 0 Å². The molecule has 1 atom stereocenters. The molecule has 1 N–H and O–H groups in total. The van der Waals surface area contributed by atoms with Crippen LogP contribution in [0.15, 0.2) is 58.3 Å². The van der Waals surface area contributed by atoms with Crippen LogP contribution in [0, 0.1) is 0 Å². The summed E-state index contributed by atoms with van der Waals surface area (Å²) >= 11 is 0. The highest BCUT2D eigenvalue weighted by molar-refractivity contribution is 7.89. The number of nitrogens with one attached hydrogen (secondary N) is 1. The molecule has 0 aromatic heterocycles. The van der Waals surface area contributed by atoms with Gasteiger partial charge in [-0.3, -0.25) is 4.79 Å². The van der Waals surface area contributed by atoms with E-state index in [2.05, 4.69) is 5.32 Å². The summed E-state index contributed by atoms with van der Waals surface area (Å²) in [6.07, 6.45) is 0. The Morgan fingerprint density at radius 1 is 1.00 bits per heavy atom. The van der Waals surface area contributed by atoms with Crippen LogP contribution in [-0.2, 0) is 24.8 Å². The topological polar surface area (TPSA) is 113 Å². The number of rotatable bonds is 7. The number of benzene rings is 2. The average Bonchev–Trinajstić information content (AvgIpc) is 2.79. The Labute approximate surface area is 189 Å². The summed E-state index contributed by atoms with van der Waals surface area (Å²) in [6, 6.07) is 11.8. The van der Waals surface area contributed by atoms with E-state index in [1.165, 1.54) is 48.7 Å². The van der Waals surface area contributed by atoms with Crippen molar-refractivity contribution in [1.82, 2.24) is 13.9 Å². The number of carbonyl (C=O) groups is 1. The minimum Gasteiger partial charge on any atom is -0.379 e. The zero-order valence-electron chi connectivity index (χ0n) is 18.2. The summed E-state index contributed by atoms with van der Waals surface area (Å²) in [7, 11) is -4.33. The van der Waals surface area contributed by atoms with Crippen LogP contribution >= 0.6 is 0 Å².